The Kier molecular flexibility index (Phi) is 6.38. The highest BCUT2D eigenvalue weighted by Gasteiger charge is 2.40. The first-order valence-corrected chi connectivity index (χ1v) is 13.1. The number of hydrogen-bond acceptors (Lipinski definition) is 3. The van der Waals surface area contributed by atoms with Crippen molar-refractivity contribution in [1.29, 1.82) is 0 Å². The number of aryl methyl sites for hydroxylation is 2. The van der Waals surface area contributed by atoms with E-state index >= 15 is 0 Å². The third kappa shape index (κ3) is 4.44. The second-order valence-electron chi connectivity index (χ2n) is 7.58. The van der Waals surface area contributed by atoms with E-state index in [-0.39, 0.29) is 0 Å². The zero-order chi connectivity index (χ0) is 23.6. The lowest BCUT2D eigenvalue weighted by Gasteiger charge is -2.39. The average molecular weight is 485 g/mol. The van der Waals surface area contributed by atoms with Crippen LogP contribution in [0.3, 0.4) is 0 Å². The molecule has 3 nitrogen and oxygen atoms in total. The first kappa shape index (κ1) is 23.2. The van der Waals surface area contributed by atoms with Crippen molar-refractivity contribution < 1.29 is 20.8 Å². The second-order valence-corrected chi connectivity index (χ2v) is 12.0. The van der Waals surface area contributed by atoms with Crippen LogP contribution in [0.1, 0.15) is 11.1 Å². The Morgan fingerprint density at radius 2 is 1.06 bits per heavy atom. The van der Waals surface area contributed by atoms with Gasteiger partial charge in [-0.1, -0.05) is 48.5 Å². The summed E-state index contributed by atoms with van der Waals surface area (Å²) in [5.41, 5.74) is 1.82. The highest BCUT2D eigenvalue weighted by molar-refractivity contribution is 8.33. The van der Waals surface area contributed by atoms with Crippen LogP contribution in [0, 0.1) is 25.5 Å². The normalized spacial score (nSPS) is 12.5. The molecule has 0 saturated heterocycles. The van der Waals surface area contributed by atoms with E-state index < -0.39 is 37.0 Å². The first-order chi connectivity index (χ1) is 15.7. The highest BCUT2D eigenvalue weighted by Crippen LogP contribution is 2.70. The Hall–Kier alpha value is -3.00. The summed E-state index contributed by atoms with van der Waals surface area (Å²) in [4.78, 5) is 0.680. The summed E-state index contributed by atoms with van der Waals surface area (Å²) >= 11 is 0. The van der Waals surface area contributed by atoms with Crippen molar-refractivity contribution in [2.45, 2.75) is 33.4 Å². The molecule has 0 aliphatic carbocycles. The van der Waals surface area contributed by atoms with Gasteiger partial charge in [-0.2, -0.15) is 8.42 Å². The third-order valence-corrected chi connectivity index (χ3v) is 10.2. The van der Waals surface area contributed by atoms with E-state index in [0.717, 1.165) is 29.3 Å². The number of rotatable bonds is 6. The molecular weight excluding hydrogens is 462 g/mol. The maximum Gasteiger partial charge on any atom is 0.313 e. The summed E-state index contributed by atoms with van der Waals surface area (Å²) in [6.45, 7) is 3.81. The Morgan fingerprint density at radius 3 is 1.52 bits per heavy atom. The molecule has 4 rings (SSSR count). The van der Waals surface area contributed by atoms with E-state index in [0.29, 0.717) is 14.7 Å². The molecule has 0 amide bonds. The lowest BCUT2D eigenvalue weighted by molar-refractivity contribution is 0.475. The molecule has 0 N–H and O–H groups in total. The summed E-state index contributed by atoms with van der Waals surface area (Å²) in [5.74, 6) is -2.41. The molecule has 0 unspecified atom stereocenters. The van der Waals surface area contributed by atoms with Crippen LogP contribution < -0.4 is 0 Å². The first-order valence-electron chi connectivity index (χ1n) is 10.2. The fraction of sp³-hybridized carbons (Fsp3) is 0.0769. The van der Waals surface area contributed by atoms with Crippen LogP contribution in [0.4, 0.5) is 8.78 Å². The fourth-order valence-electron chi connectivity index (χ4n) is 3.74. The SMILES string of the molecule is Cc1cc(C)cc(S(OS(=O)(=O)c2c(F)cccc2F)(c2ccccc2)c2ccccc2)c1. The molecule has 0 radical (unpaired) electrons. The summed E-state index contributed by atoms with van der Waals surface area (Å²) in [6.07, 6.45) is 0. The summed E-state index contributed by atoms with van der Waals surface area (Å²) in [7, 11) is -7.80. The van der Waals surface area contributed by atoms with E-state index in [1.165, 1.54) is 0 Å². The van der Waals surface area contributed by atoms with E-state index in [4.69, 9.17) is 3.63 Å². The van der Waals surface area contributed by atoms with Crippen molar-refractivity contribution in [2.75, 3.05) is 0 Å². The summed E-state index contributed by atoms with van der Waals surface area (Å²) in [6, 6.07) is 26.4. The van der Waals surface area contributed by atoms with Gasteiger partial charge in [-0.05, 0) is 83.8 Å². The van der Waals surface area contributed by atoms with Gasteiger partial charge >= 0.3 is 10.1 Å². The Balaban J connectivity index is 2.08. The highest BCUT2D eigenvalue weighted by atomic mass is 32.3. The van der Waals surface area contributed by atoms with Gasteiger partial charge < -0.3 is 0 Å². The minimum absolute atomic E-state index is 0.585. The number of hydrogen-bond donors (Lipinski definition) is 0. The summed E-state index contributed by atoms with van der Waals surface area (Å²) < 4.78 is 62.1. The zero-order valence-corrected chi connectivity index (χ0v) is 19.7. The van der Waals surface area contributed by atoms with Crippen LogP contribution in [0.25, 0.3) is 0 Å². The van der Waals surface area contributed by atoms with Gasteiger partial charge in [0, 0.05) is 14.7 Å². The molecule has 0 aromatic heterocycles. The van der Waals surface area contributed by atoms with E-state index in [2.05, 4.69) is 0 Å². The fourth-order valence-corrected chi connectivity index (χ4v) is 9.24. The molecule has 0 bridgehead atoms. The molecule has 0 spiro atoms. The van der Waals surface area contributed by atoms with Crippen molar-refractivity contribution in [3.63, 3.8) is 0 Å². The van der Waals surface area contributed by atoms with Crippen LogP contribution in [0.5, 0.6) is 0 Å². The predicted octanol–water partition coefficient (Wildman–Crippen LogP) is 7.18. The zero-order valence-electron chi connectivity index (χ0n) is 18.0. The Morgan fingerprint density at radius 1 is 0.606 bits per heavy atom. The van der Waals surface area contributed by atoms with Crippen molar-refractivity contribution >= 4 is 20.4 Å². The monoisotopic (exact) mass is 484 g/mol. The van der Waals surface area contributed by atoms with Gasteiger partial charge in [0.1, 0.15) is 11.6 Å². The molecule has 0 atom stereocenters. The molecule has 170 valence electrons. The molecule has 4 aromatic carbocycles. The Labute approximate surface area is 194 Å². The quantitative estimate of drug-likeness (QED) is 0.291. The topological polar surface area (TPSA) is 43.4 Å². The molecule has 0 fully saturated rings. The second kappa shape index (κ2) is 9.09. The van der Waals surface area contributed by atoms with Crippen LogP contribution in [-0.2, 0) is 13.7 Å². The average Bonchev–Trinajstić information content (AvgIpc) is 2.78. The van der Waals surface area contributed by atoms with Crippen LogP contribution in [0.15, 0.2) is 117 Å². The van der Waals surface area contributed by atoms with Gasteiger partial charge in [-0.15, -0.1) is 0 Å². The smallest absolute Gasteiger partial charge is 0.205 e. The number of benzene rings is 4. The molecule has 0 aliphatic rings. The van der Waals surface area contributed by atoms with Gasteiger partial charge in [0.15, 0.2) is 4.90 Å². The van der Waals surface area contributed by atoms with Gasteiger partial charge in [0.2, 0.25) is 0 Å². The minimum Gasteiger partial charge on any atom is -0.205 e. The van der Waals surface area contributed by atoms with Crippen LogP contribution in [-0.4, -0.2) is 8.42 Å². The van der Waals surface area contributed by atoms with E-state index in [1.54, 1.807) is 48.5 Å². The van der Waals surface area contributed by atoms with Gasteiger partial charge in [-0.3, -0.25) is 0 Å². The predicted molar refractivity (Wildman–Crippen MR) is 126 cm³/mol. The molecule has 0 aliphatic heterocycles. The van der Waals surface area contributed by atoms with E-state index in [1.807, 2.05) is 44.2 Å². The molecule has 4 aromatic rings. The van der Waals surface area contributed by atoms with Gasteiger partial charge in [0.05, 0.1) is 0 Å². The van der Waals surface area contributed by atoms with E-state index in [9.17, 15) is 17.2 Å². The van der Waals surface area contributed by atoms with Crippen LogP contribution in [0.2, 0.25) is 0 Å². The van der Waals surface area contributed by atoms with Crippen molar-refractivity contribution in [2.24, 2.45) is 0 Å². The molecule has 7 heteroatoms. The lowest BCUT2D eigenvalue weighted by Crippen LogP contribution is -2.17. The largest absolute Gasteiger partial charge is 0.313 e. The van der Waals surface area contributed by atoms with Gasteiger partial charge in [-0.25, -0.2) is 12.4 Å². The lowest BCUT2D eigenvalue weighted by atomic mass is 10.2. The summed E-state index contributed by atoms with van der Waals surface area (Å²) in [5, 5.41) is 0. The minimum atomic E-state index is -4.86. The molecule has 0 heterocycles. The van der Waals surface area contributed by atoms with Gasteiger partial charge in [0.25, 0.3) is 0 Å². The standard InChI is InChI=1S/C26H22F2O3S2/c1-19-16-20(2)18-23(17-19)32(21-10-5-3-6-11-21,22-12-7-4-8-13-22)31-33(29,30)26-24(27)14-9-15-25(26)28/h3-18H,1-2H3. The molecule has 0 saturated carbocycles. The van der Waals surface area contributed by atoms with Crippen molar-refractivity contribution in [3.8, 4) is 0 Å². The number of halogens is 2. The maximum absolute atomic E-state index is 14.6. The van der Waals surface area contributed by atoms with Crippen molar-refractivity contribution in [1.82, 2.24) is 0 Å². The third-order valence-electron chi connectivity index (χ3n) is 5.04. The molecular formula is C26H22F2O3S2. The van der Waals surface area contributed by atoms with Crippen molar-refractivity contribution in [3.05, 3.63) is 120 Å². The molecule has 33 heavy (non-hydrogen) atoms. The maximum atomic E-state index is 14.6. The Bertz CT molecular complexity index is 1310. The van der Waals surface area contributed by atoms with Crippen LogP contribution >= 0.6 is 10.3 Å².